The number of carbonyl (C=O) groups excluding carboxylic acids is 2. The second-order valence-electron chi connectivity index (χ2n) is 7.09. The Morgan fingerprint density at radius 3 is 1.42 bits per heavy atom. The van der Waals surface area contributed by atoms with Gasteiger partial charge in [0.2, 0.25) is 0 Å². The van der Waals surface area contributed by atoms with Gasteiger partial charge in [-0.15, -0.1) is 10.2 Å². The Morgan fingerprint density at radius 2 is 1.04 bits per heavy atom. The molecule has 2 unspecified atom stereocenters. The van der Waals surface area contributed by atoms with Crippen molar-refractivity contribution in [2.24, 2.45) is 11.8 Å². The fraction of sp³-hybridized carbons (Fsp3) is 0.200. The third-order valence-corrected chi connectivity index (χ3v) is 6.06. The van der Waals surface area contributed by atoms with Gasteiger partial charge in [0.1, 0.15) is 12.7 Å². The summed E-state index contributed by atoms with van der Waals surface area (Å²) >= 11 is 0. The summed E-state index contributed by atoms with van der Waals surface area (Å²) in [6.45, 7) is 0. The Balaban J connectivity index is 1.62. The van der Waals surface area contributed by atoms with E-state index in [9.17, 15) is 9.59 Å². The van der Waals surface area contributed by atoms with Gasteiger partial charge in [-0.3, -0.25) is 9.59 Å². The van der Waals surface area contributed by atoms with Crippen LogP contribution in [0.5, 0.6) is 0 Å². The predicted octanol–water partition coefficient (Wildman–Crippen LogP) is 1.81. The molecule has 1 saturated heterocycles. The molecule has 3 aromatic rings. The van der Waals surface area contributed by atoms with Crippen molar-refractivity contribution in [3.63, 3.8) is 0 Å². The van der Waals surface area contributed by atoms with Gasteiger partial charge in [-0.2, -0.15) is 5.01 Å². The monoisotopic (exact) mass is 342 g/mol. The lowest BCUT2D eigenvalue weighted by atomic mass is 9.55. The molecule has 3 aliphatic carbocycles. The van der Waals surface area contributed by atoms with E-state index in [1.54, 1.807) is 0 Å². The van der Waals surface area contributed by atoms with Crippen molar-refractivity contribution in [3.8, 4) is 0 Å². The Bertz CT molecular complexity index is 959. The largest absolute Gasteiger partial charge is 0.272 e. The molecule has 2 amide bonds. The van der Waals surface area contributed by atoms with Crippen LogP contribution < -0.4 is 5.01 Å². The van der Waals surface area contributed by atoms with Crippen molar-refractivity contribution < 1.29 is 9.59 Å². The molecule has 4 aliphatic rings. The van der Waals surface area contributed by atoms with Gasteiger partial charge in [-0.05, 0) is 22.3 Å². The minimum Gasteiger partial charge on any atom is -0.272 e. The molecule has 0 radical (unpaired) electrons. The van der Waals surface area contributed by atoms with E-state index in [0.29, 0.717) is 0 Å². The van der Waals surface area contributed by atoms with Crippen LogP contribution in [0.2, 0.25) is 0 Å². The van der Waals surface area contributed by atoms with Crippen LogP contribution in [0, 0.1) is 11.8 Å². The maximum Gasteiger partial charge on any atom is 0.253 e. The first-order valence-corrected chi connectivity index (χ1v) is 8.68. The Hall–Kier alpha value is -3.28. The molecular formula is C20H14N4O2. The topological polar surface area (TPSA) is 68.1 Å². The smallest absolute Gasteiger partial charge is 0.253 e. The van der Waals surface area contributed by atoms with Gasteiger partial charge in [0, 0.05) is 11.8 Å². The van der Waals surface area contributed by atoms with Crippen LogP contribution in [-0.2, 0) is 9.59 Å². The number of aromatic nitrogens is 3. The van der Waals surface area contributed by atoms with E-state index in [-0.39, 0.29) is 35.5 Å². The Morgan fingerprint density at radius 1 is 0.654 bits per heavy atom. The van der Waals surface area contributed by atoms with Crippen molar-refractivity contribution in [1.29, 1.82) is 0 Å². The Labute approximate surface area is 149 Å². The van der Waals surface area contributed by atoms with Crippen molar-refractivity contribution in [1.82, 2.24) is 14.9 Å². The molecule has 126 valence electrons. The van der Waals surface area contributed by atoms with Crippen LogP contribution in [0.3, 0.4) is 0 Å². The number of carbonyl (C=O) groups is 2. The summed E-state index contributed by atoms with van der Waals surface area (Å²) < 4.78 is 1.40. The molecule has 26 heavy (non-hydrogen) atoms. The molecule has 0 spiro atoms. The highest BCUT2D eigenvalue weighted by Gasteiger charge is 2.62. The number of amides is 2. The highest BCUT2D eigenvalue weighted by Crippen LogP contribution is 2.60. The van der Waals surface area contributed by atoms with E-state index in [0.717, 1.165) is 0 Å². The summed E-state index contributed by atoms with van der Waals surface area (Å²) in [6, 6.07) is 16.4. The normalized spacial score (nSPS) is 28.1. The number of nitrogens with zero attached hydrogens (tertiary/aromatic N) is 4. The van der Waals surface area contributed by atoms with Gasteiger partial charge < -0.3 is 0 Å². The number of imide groups is 1. The average Bonchev–Trinajstić information content (AvgIpc) is 3.29. The fourth-order valence-electron chi connectivity index (χ4n) is 5.19. The quantitative estimate of drug-likeness (QED) is 0.633. The molecule has 0 saturated carbocycles. The third kappa shape index (κ3) is 1.48. The first-order valence-electron chi connectivity index (χ1n) is 8.68. The standard InChI is InChI=1S/C20H14N4O2/c25-19-17-15-11-5-1-2-6-12(11)16(14-8-4-3-7-13(14)15)18(17)20(26)24(19)23-9-21-22-10-23/h1-10,15-18H. The maximum atomic E-state index is 13.3. The second kappa shape index (κ2) is 4.66. The van der Waals surface area contributed by atoms with E-state index in [1.165, 1.54) is 44.6 Å². The van der Waals surface area contributed by atoms with Crippen LogP contribution in [0.25, 0.3) is 0 Å². The van der Waals surface area contributed by atoms with Crippen LogP contribution >= 0.6 is 0 Å². The zero-order chi connectivity index (χ0) is 17.4. The van der Waals surface area contributed by atoms with Crippen LogP contribution in [-0.4, -0.2) is 26.7 Å². The SMILES string of the molecule is O=C1C2C3c4ccccc4C(c4ccccc43)C2C(=O)N1n1cnnc1. The lowest BCUT2D eigenvalue weighted by Crippen LogP contribution is -2.41. The minimum absolute atomic E-state index is 0.0877. The molecule has 2 bridgehead atoms. The lowest BCUT2D eigenvalue weighted by Gasteiger charge is -2.45. The van der Waals surface area contributed by atoms with Gasteiger partial charge in [-0.1, -0.05) is 48.5 Å². The summed E-state index contributed by atoms with van der Waals surface area (Å²) in [5, 5.41) is 8.72. The summed E-state index contributed by atoms with van der Waals surface area (Å²) in [4.78, 5) is 26.6. The van der Waals surface area contributed by atoms with Crippen LogP contribution in [0.15, 0.2) is 61.2 Å². The number of hydrogen-bond acceptors (Lipinski definition) is 4. The second-order valence-corrected chi connectivity index (χ2v) is 7.09. The third-order valence-electron chi connectivity index (χ3n) is 6.06. The van der Waals surface area contributed by atoms with Gasteiger partial charge in [0.15, 0.2) is 0 Å². The van der Waals surface area contributed by atoms with E-state index in [4.69, 9.17) is 0 Å². The van der Waals surface area contributed by atoms with Gasteiger partial charge >= 0.3 is 0 Å². The average molecular weight is 342 g/mol. The summed E-state index contributed by atoms with van der Waals surface area (Å²) in [6.07, 6.45) is 2.80. The first-order chi connectivity index (χ1) is 12.8. The van der Waals surface area contributed by atoms with Crippen LogP contribution in [0.1, 0.15) is 34.1 Å². The van der Waals surface area contributed by atoms with Crippen molar-refractivity contribution >= 4 is 11.8 Å². The van der Waals surface area contributed by atoms with E-state index in [2.05, 4.69) is 34.5 Å². The molecule has 1 aliphatic heterocycles. The zero-order valence-electron chi connectivity index (χ0n) is 13.7. The minimum atomic E-state index is -0.375. The molecular weight excluding hydrogens is 328 g/mol. The molecule has 1 fully saturated rings. The number of benzene rings is 2. The molecule has 1 aromatic heterocycles. The number of rotatable bonds is 1. The molecule has 2 heterocycles. The van der Waals surface area contributed by atoms with Gasteiger partial charge in [0.05, 0.1) is 11.8 Å². The number of hydrogen-bond donors (Lipinski definition) is 0. The highest BCUT2D eigenvalue weighted by molar-refractivity contribution is 6.18. The molecule has 2 atom stereocenters. The van der Waals surface area contributed by atoms with E-state index < -0.39 is 0 Å². The first kappa shape index (κ1) is 13.9. The van der Waals surface area contributed by atoms with E-state index in [1.807, 2.05) is 24.3 Å². The molecule has 0 N–H and O–H groups in total. The molecule has 6 nitrogen and oxygen atoms in total. The van der Waals surface area contributed by atoms with Gasteiger partial charge in [0.25, 0.3) is 11.8 Å². The van der Waals surface area contributed by atoms with Crippen molar-refractivity contribution in [3.05, 3.63) is 83.4 Å². The summed E-state index contributed by atoms with van der Waals surface area (Å²) in [5.41, 5.74) is 4.68. The zero-order valence-corrected chi connectivity index (χ0v) is 13.7. The predicted molar refractivity (Wildman–Crippen MR) is 91.8 cm³/mol. The van der Waals surface area contributed by atoms with E-state index >= 15 is 0 Å². The maximum absolute atomic E-state index is 13.3. The highest BCUT2D eigenvalue weighted by atomic mass is 16.2. The molecule has 7 rings (SSSR count). The summed E-state index contributed by atoms with van der Waals surface area (Å²) in [5.74, 6) is -1.26. The van der Waals surface area contributed by atoms with Crippen LogP contribution in [0.4, 0.5) is 0 Å². The Kier molecular flexibility index (Phi) is 2.50. The van der Waals surface area contributed by atoms with Crippen molar-refractivity contribution in [2.75, 3.05) is 5.01 Å². The fourth-order valence-corrected chi connectivity index (χ4v) is 5.19. The van der Waals surface area contributed by atoms with Gasteiger partial charge in [-0.25, -0.2) is 4.68 Å². The lowest BCUT2D eigenvalue weighted by molar-refractivity contribution is -0.124. The van der Waals surface area contributed by atoms with Crippen molar-refractivity contribution in [2.45, 2.75) is 11.8 Å². The molecule has 6 heteroatoms. The summed E-state index contributed by atoms with van der Waals surface area (Å²) in [7, 11) is 0. The molecule has 2 aromatic carbocycles.